The van der Waals surface area contributed by atoms with E-state index in [-0.39, 0.29) is 0 Å². The number of benzene rings is 1. The normalized spacial score (nSPS) is 14.7. The third-order valence-electron chi connectivity index (χ3n) is 1.78. The van der Waals surface area contributed by atoms with Crippen molar-refractivity contribution in [3.63, 3.8) is 0 Å². The fraction of sp³-hybridized carbons (Fsp3) is 0.222. The lowest BCUT2D eigenvalue weighted by Crippen LogP contribution is -2.11. The summed E-state index contributed by atoms with van der Waals surface area (Å²) >= 11 is 0. The van der Waals surface area contributed by atoms with Crippen molar-refractivity contribution >= 4 is 6.29 Å². The SMILES string of the molecule is O=Cc1ccc2c(c1)COCO2. The second kappa shape index (κ2) is 2.95. The molecule has 3 nitrogen and oxygen atoms in total. The third-order valence-corrected chi connectivity index (χ3v) is 1.78. The Morgan fingerprint density at radius 3 is 3.17 bits per heavy atom. The Kier molecular flexibility index (Phi) is 1.80. The van der Waals surface area contributed by atoms with Crippen LogP contribution in [0.5, 0.6) is 5.75 Å². The van der Waals surface area contributed by atoms with E-state index in [1.165, 1.54) is 0 Å². The molecule has 0 aromatic heterocycles. The molecule has 3 heteroatoms. The van der Waals surface area contributed by atoms with Gasteiger partial charge in [-0.15, -0.1) is 0 Å². The van der Waals surface area contributed by atoms with E-state index in [0.29, 0.717) is 19.0 Å². The number of rotatable bonds is 1. The Morgan fingerprint density at radius 2 is 2.33 bits per heavy atom. The largest absolute Gasteiger partial charge is 0.467 e. The van der Waals surface area contributed by atoms with E-state index in [0.717, 1.165) is 17.6 Å². The van der Waals surface area contributed by atoms with Crippen LogP contribution in [-0.2, 0) is 11.3 Å². The summed E-state index contributed by atoms with van der Waals surface area (Å²) in [5.41, 5.74) is 1.59. The lowest BCUT2D eigenvalue weighted by atomic mass is 10.1. The molecular weight excluding hydrogens is 156 g/mol. The first kappa shape index (κ1) is 7.31. The molecule has 0 spiro atoms. The zero-order valence-electron chi connectivity index (χ0n) is 6.45. The maximum absolute atomic E-state index is 10.4. The van der Waals surface area contributed by atoms with Gasteiger partial charge in [0, 0.05) is 11.1 Å². The van der Waals surface area contributed by atoms with Crippen molar-refractivity contribution in [2.24, 2.45) is 0 Å². The minimum absolute atomic E-state index is 0.299. The van der Waals surface area contributed by atoms with E-state index in [1.54, 1.807) is 18.2 Å². The van der Waals surface area contributed by atoms with E-state index in [9.17, 15) is 4.79 Å². The first-order chi connectivity index (χ1) is 5.90. The number of aldehydes is 1. The van der Waals surface area contributed by atoms with Crippen molar-refractivity contribution in [3.05, 3.63) is 29.3 Å². The van der Waals surface area contributed by atoms with Crippen LogP contribution in [0.25, 0.3) is 0 Å². The molecule has 1 heterocycles. The summed E-state index contributed by atoms with van der Waals surface area (Å²) < 4.78 is 10.2. The minimum atomic E-state index is 0.299. The van der Waals surface area contributed by atoms with E-state index < -0.39 is 0 Å². The molecule has 0 bridgehead atoms. The van der Waals surface area contributed by atoms with Crippen molar-refractivity contribution in [1.82, 2.24) is 0 Å². The molecule has 0 saturated heterocycles. The summed E-state index contributed by atoms with van der Waals surface area (Å²) in [5.74, 6) is 0.812. The lowest BCUT2D eigenvalue weighted by Gasteiger charge is -2.17. The molecule has 0 atom stereocenters. The molecule has 0 saturated carbocycles. The van der Waals surface area contributed by atoms with Crippen molar-refractivity contribution in [3.8, 4) is 5.75 Å². The Morgan fingerprint density at radius 1 is 1.42 bits per heavy atom. The van der Waals surface area contributed by atoms with Crippen LogP contribution in [0.15, 0.2) is 18.2 Å². The van der Waals surface area contributed by atoms with Crippen molar-refractivity contribution in [1.29, 1.82) is 0 Å². The summed E-state index contributed by atoms with van der Waals surface area (Å²) in [6.07, 6.45) is 0.814. The van der Waals surface area contributed by atoms with Gasteiger partial charge in [-0.25, -0.2) is 0 Å². The van der Waals surface area contributed by atoms with Gasteiger partial charge in [-0.2, -0.15) is 0 Å². The Labute approximate surface area is 69.9 Å². The fourth-order valence-corrected chi connectivity index (χ4v) is 1.18. The van der Waals surface area contributed by atoms with Gasteiger partial charge in [0.25, 0.3) is 0 Å². The molecule has 62 valence electrons. The summed E-state index contributed by atoms with van der Waals surface area (Å²) in [5, 5.41) is 0. The van der Waals surface area contributed by atoms with Crippen LogP contribution in [-0.4, -0.2) is 13.1 Å². The molecule has 0 amide bonds. The molecular formula is C9H8O3. The van der Waals surface area contributed by atoms with Gasteiger partial charge in [-0.05, 0) is 18.2 Å². The average Bonchev–Trinajstić information content (AvgIpc) is 2.17. The standard InChI is InChI=1S/C9H8O3/c10-4-7-1-2-9-8(3-7)5-11-6-12-9/h1-4H,5-6H2. The predicted molar refractivity (Wildman–Crippen MR) is 42.1 cm³/mol. The highest BCUT2D eigenvalue weighted by Crippen LogP contribution is 2.23. The molecule has 0 aliphatic carbocycles. The predicted octanol–water partition coefficient (Wildman–Crippen LogP) is 1.37. The van der Waals surface area contributed by atoms with Crippen LogP contribution in [0.1, 0.15) is 15.9 Å². The average molecular weight is 164 g/mol. The van der Waals surface area contributed by atoms with Gasteiger partial charge >= 0.3 is 0 Å². The maximum atomic E-state index is 10.4. The molecule has 0 fully saturated rings. The number of carbonyl (C=O) groups is 1. The Bertz CT molecular complexity index is 307. The molecule has 1 aromatic rings. The van der Waals surface area contributed by atoms with E-state index in [2.05, 4.69) is 0 Å². The number of carbonyl (C=O) groups excluding carboxylic acids is 1. The van der Waals surface area contributed by atoms with Crippen LogP contribution in [0.4, 0.5) is 0 Å². The van der Waals surface area contributed by atoms with Crippen LogP contribution < -0.4 is 4.74 Å². The van der Waals surface area contributed by atoms with Crippen molar-refractivity contribution in [2.45, 2.75) is 6.61 Å². The molecule has 1 aliphatic rings. The second-order valence-corrected chi connectivity index (χ2v) is 2.60. The molecule has 12 heavy (non-hydrogen) atoms. The zero-order valence-corrected chi connectivity index (χ0v) is 6.45. The van der Waals surface area contributed by atoms with Gasteiger partial charge in [-0.3, -0.25) is 4.79 Å². The third kappa shape index (κ3) is 1.19. The quantitative estimate of drug-likeness (QED) is 0.588. The summed E-state index contributed by atoms with van der Waals surface area (Å²) in [4.78, 5) is 10.4. The summed E-state index contributed by atoms with van der Waals surface area (Å²) in [6.45, 7) is 0.824. The van der Waals surface area contributed by atoms with E-state index >= 15 is 0 Å². The van der Waals surface area contributed by atoms with Crippen molar-refractivity contribution in [2.75, 3.05) is 6.79 Å². The first-order valence-electron chi connectivity index (χ1n) is 3.69. The monoisotopic (exact) mass is 164 g/mol. The minimum Gasteiger partial charge on any atom is -0.467 e. The highest BCUT2D eigenvalue weighted by Gasteiger charge is 2.09. The van der Waals surface area contributed by atoms with Gasteiger partial charge < -0.3 is 9.47 Å². The maximum Gasteiger partial charge on any atom is 0.189 e. The Balaban J connectivity index is 2.42. The van der Waals surface area contributed by atoms with Crippen molar-refractivity contribution < 1.29 is 14.3 Å². The van der Waals surface area contributed by atoms with Gasteiger partial charge in [0.15, 0.2) is 6.79 Å². The fourth-order valence-electron chi connectivity index (χ4n) is 1.18. The van der Waals surface area contributed by atoms with Crippen LogP contribution >= 0.6 is 0 Å². The van der Waals surface area contributed by atoms with Gasteiger partial charge in [0.2, 0.25) is 0 Å². The van der Waals surface area contributed by atoms with Gasteiger partial charge in [0.05, 0.1) is 6.61 Å². The molecule has 1 aliphatic heterocycles. The highest BCUT2D eigenvalue weighted by atomic mass is 16.7. The number of hydrogen-bond donors (Lipinski definition) is 0. The number of fused-ring (bicyclic) bond motifs is 1. The van der Waals surface area contributed by atoms with Crippen LogP contribution in [0.2, 0.25) is 0 Å². The second-order valence-electron chi connectivity index (χ2n) is 2.60. The smallest absolute Gasteiger partial charge is 0.189 e. The summed E-state index contributed by atoms with van der Waals surface area (Å²) in [6, 6.07) is 5.31. The molecule has 0 radical (unpaired) electrons. The van der Waals surface area contributed by atoms with Crippen LogP contribution in [0.3, 0.4) is 0 Å². The lowest BCUT2D eigenvalue weighted by molar-refractivity contribution is -0.0163. The number of ether oxygens (including phenoxy) is 2. The molecule has 0 N–H and O–H groups in total. The van der Waals surface area contributed by atoms with Crippen LogP contribution in [0, 0.1) is 0 Å². The van der Waals surface area contributed by atoms with Gasteiger partial charge in [-0.1, -0.05) is 0 Å². The van der Waals surface area contributed by atoms with Gasteiger partial charge in [0.1, 0.15) is 12.0 Å². The number of hydrogen-bond acceptors (Lipinski definition) is 3. The van der Waals surface area contributed by atoms with E-state index in [4.69, 9.17) is 9.47 Å². The Hall–Kier alpha value is -1.35. The summed E-state index contributed by atoms with van der Waals surface area (Å²) in [7, 11) is 0. The topological polar surface area (TPSA) is 35.5 Å². The van der Waals surface area contributed by atoms with E-state index in [1.807, 2.05) is 0 Å². The molecule has 1 aromatic carbocycles. The molecule has 2 rings (SSSR count). The molecule has 0 unspecified atom stereocenters. The highest BCUT2D eigenvalue weighted by molar-refractivity contribution is 5.75. The zero-order chi connectivity index (χ0) is 8.39. The first-order valence-corrected chi connectivity index (χ1v) is 3.69.